The number of nitrogens with zero attached hydrogens (tertiary/aromatic N) is 1. The summed E-state index contributed by atoms with van der Waals surface area (Å²) in [5.74, 6) is 1.03. The lowest BCUT2D eigenvalue weighted by Crippen LogP contribution is -2.08. The van der Waals surface area contributed by atoms with Gasteiger partial charge in [-0.3, -0.25) is 0 Å². The molecule has 0 aliphatic rings. The molecule has 0 aliphatic heterocycles. The number of benzene rings is 2. The van der Waals surface area contributed by atoms with Crippen LogP contribution in [-0.2, 0) is 13.2 Å². The van der Waals surface area contributed by atoms with Crippen LogP contribution in [0, 0.1) is 0 Å². The summed E-state index contributed by atoms with van der Waals surface area (Å²) < 4.78 is 7.14. The number of nitrogens with one attached hydrogen (secondary N) is 1. The van der Waals surface area contributed by atoms with Gasteiger partial charge in [0, 0.05) is 22.8 Å². The second-order valence-electron chi connectivity index (χ2n) is 5.41. The van der Waals surface area contributed by atoms with E-state index in [4.69, 9.17) is 4.74 Å². The molecule has 0 aliphatic carbocycles. The Bertz CT molecular complexity index is 792. The minimum Gasteiger partial charge on any atom is -0.508 e. The average Bonchev–Trinajstić information content (AvgIpc) is 3.04. The van der Waals surface area contributed by atoms with Gasteiger partial charge in [0.1, 0.15) is 11.5 Å². The third-order valence-corrected chi connectivity index (χ3v) is 3.88. The normalized spacial score (nSPS) is 10.6. The lowest BCUT2D eigenvalue weighted by molar-refractivity contribution is 0.274. The molecule has 1 aromatic heterocycles. The maximum Gasteiger partial charge on any atom is 0.119 e. The Morgan fingerprint density at radius 2 is 1.58 bits per heavy atom. The molecular formula is C19H20N2O3. The lowest BCUT2D eigenvalue weighted by Gasteiger charge is -2.14. The molecule has 1 heterocycles. The van der Waals surface area contributed by atoms with Crippen LogP contribution < -0.4 is 10.1 Å². The largest absolute Gasteiger partial charge is 0.508 e. The highest BCUT2D eigenvalue weighted by atomic mass is 16.5. The quantitative estimate of drug-likeness (QED) is 0.651. The van der Waals surface area contributed by atoms with E-state index in [1.54, 1.807) is 19.2 Å². The Morgan fingerprint density at radius 3 is 2.21 bits per heavy atom. The van der Waals surface area contributed by atoms with E-state index in [1.807, 2.05) is 53.1 Å². The molecule has 3 rings (SSSR count). The first-order chi connectivity index (χ1) is 11.7. The summed E-state index contributed by atoms with van der Waals surface area (Å²) >= 11 is 0. The number of phenols is 1. The molecule has 3 aromatic rings. The van der Waals surface area contributed by atoms with Crippen molar-refractivity contribution in [3.8, 4) is 17.2 Å². The molecule has 0 bridgehead atoms. The average molecular weight is 324 g/mol. The summed E-state index contributed by atoms with van der Waals surface area (Å²) in [7, 11) is 1.64. The Kier molecular flexibility index (Phi) is 4.72. The highest BCUT2D eigenvalue weighted by Gasteiger charge is 2.09. The predicted octanol–water partition coefficient (Wildman–Crippen LogP) is 3.30. The van der Waals surface area contributed by atoms with Gasteiger partial charge < -0.3 is 24.8 Å². The predicted molar refractivity (Wildman–Crippen MR) is 93.7 cm³/mol. The lowest BCUT2D eigenvalue weighted by atomic mass is 10.2. The van der Waals surface area contributed by atoms with Gasteiger partial charge in [-0.25, -0.2) is 0 Å². The third kappa shape index (κ3) is 3.36. The van der Waals surface area contributed by atoms with Crippen LogP contribution in [0.3, 0.4) is 0 Å². The molecule has 5 nitrogen and oxygen atoms in total. The van der Waals surface area contributed by atoms with Crippen LogP contribution in [0.5, 0.6) is 11.5 Å². The van der Waals surface area contributed by atoms with E-state index in [-0.39, 0.29) is 12.4 Å². The van der Waals surface area contributed by atoms with Crippen molar-refractivity contribution >= 4 is 5.69 Å². The zero-order valence-corrected chi connectivity index (χ0v) is 13.4. The van der Waals surface area contributed by atoms with Gasteiger partial charge in [-0.15, -0.1) is 0 Å². The zero-order valence-electron chi connectivity index (χ0n) is 13.4. The van der Waals surface area contributed by atoms with Crippen molar-refractivity contribution in [3.05, 3.63) is 72.1 Å². The first-order valence-electron chi connectivity index (χ1n) is 7.69. The van der Waals surface area contributed by atoms with Crippen molar-refractivity contribution < 1.29 is 14.9 Å². The SMILES string of the molecule is COc1ccc(NCc2ccc(CO)n2-c2ccc(O)cc2)cc1. The number of aromatic hydroxyl groups is 1. The van der Waals surface area contributed by atoms with Crippen LogP contribution in [0.15, 0.2) is 60.7 Å². The van der Waals surface area contributed by atoms with Crippen molar-refractivity contribution in [3.63, 3.8) is 0 Å². The molecule has 0 fully saturated rings. The first-order valence-corrected chi connectivity index (χ1v) is 7.69. The third-order valence-electron chi connectivity index (χ3n) is 3.88. The molecule has 0 unspecified atom stereocenters. The van der Waals surface area contributed by atoms with Crippen LogP contribution >= 0.6 is 0 Å². The van der Waals surface area contributed by atoms with Gasteiger partial charge in [0.15, 0.2) is 0 Å². The molecule has 0 radical (unpaired) electrons. The fraction of sp³-hybridized carbons (Fsp3) is 0.158. The smallest absolute Gasteiger partial charge is 0.119 e. The van der Waals surface area contributed by atoms with E-state index in [0.717, 1.165) is 28.5 Å². The van der Waals surface area contributed by atoms with E-state index in [2.05, 4.69) is 5.32 Å². The summed E-state index contributed by atoms with van der Waals surface area (Å²) in [5.41, 5.74) is 3.70. The van der Waals surface area contributed by atoms with E-state index >= 15 is 0 Å². The number of methoxy groups -OCH3 is 1. The summed E-state index contributed by atoms with van der Waals surface area (Å²) in [6.07, 6.45) is 0. The second-order valence-corrected chi connectivity index (χ2v) is 5.41. The van der Waals surface area contributed by atoms with Crippen LogP contribution in [-0.4, -0.2) is 21.9 Å². The van der Waals surface area contributed by atoms with E-state index in [0.29, 0.717) is 6.54 Å². The fourth-order valence-corrected chi connectivity index (χ4v) is 2.62. The van der Waals surface area contributed by atoms with Crippen molar-refractivity contribution in [1.29, 1.82) is 0 Å². The maximum atomic E-state index is 9.59. The van der Waals surface area contributed by atoms with Gasteiger partial charge in [-0.1, -0.05) is 0 Å². The van der Waals surface area contributed by atoms with Crippen molar-refractivity contribution in [1.82, 2.24) is 4.57 Å². The van der Waals surface area contributed by atoms with E-state index < -0.39 is 0 Å². The molecule has 5 heteroatoms. The minimum absolute atomic E-state index is 0.0522. The molecule has 24 heavy (non-hydrogen) atoms. The van der Waals surface area contributed by atoms with Crippen LogP contribution in [0.1, 0.15) is 11.4 Å². The van der Waals surface area contributed by atoms with E-state index in [1.165, 1.54) is 0 Å². The van der Waals surface area contributed by atoms with Crippen molar-refractivity contribution in [2.45, 2.75) is 13.2 Å². The first kappa shape index (κ1) is 16.0. The Balaban J connectivity index is 1.82. The molecule has 3 N–H and O–H groups in total. The molecule has 2 aromatic carbocycles. The van der Waals surface area contributed by atoms with Gasteiger partial charge in [0.2, 0.25) is 0 Å². The number of aromatic nitrogens is 1. The fourth-order valence-electron chi connectivity index (χ4n) is 2.62. The molecule has 0 saturated heterocycles. The Hall–Kier alpha value is -2.92. The second kappa shape index (κ2) is 7.10. The van der Waals surface area contributed by atoms with Crippen LogP contribution in [0.2, 0.25) is 0 Å². The highest BCUT2D eigenvalue weighted by Crippen LogP contribution is 2.21. The van der Waals surface area contributed by atoms with Gasteiger partial charge in [0.05, 0.1) is 20.3 Å². The Labute approximate surface area is 140 Å². The number of phenolic OH excluding ortho intramolecular Hbond substituents is 1. The van der Waals surface area contributed by atoms with Crippen molar-refractivity contribution in [2.75, 3.05) is 12.4 Å². The van der Waals surface area contributed by atoms with Gasteiger partial charge >= 0.3 is 0 Å². The number of aliphatic hydroxyl groups is 1. The maximum absolute atomic E-state index is 9.59. The van der Waals surface area contributed by atoms with Gasteiger partial charge in [-0.2, -0.15) is 0 Å². The number of aliphatic hydroxyl groups excluding tert-OH is 1. The summed E-state index contributed by atoms with van der Waals surface area (Å²) in [6, 6.07) is 18.5. The Morgan fingerprint density at radius 1 is 0.917 bits per heavy atom. The molecule has 0 spiro atoms. The summed E-state index contributed by atoms with van der Waals surface area (Å²) in [5, 5.41) is 22.4. The van der Waals surface area contributed by atoms with Gasteiger partial charge in [-0.05, 0) is 60.7 Å². The number of anilines is 1. The summed E-state index contributed by atoms with van der Waals surface area (Å²) in [4.78, 5) is 0. The van der Waals surface area contributed by atoms with Crippen LogP contribution in [0.4, 0.5) is 5.69 Å². The monoisotopic (exact) mass is 324 g/mol. The number of rotatable bonds is 6. The molecule has 0 atom stereocenters. The molecular weight excluding hydrogens is 304 g/mol. The molecule has 0 amide bonds. The topological polar surface area (TPSA) is 66.6 Å². The molecule has 0 saturated carbocycles. The van der Waals surface area contributed by atoms with Gasteiger partial charge in [0.25, 0.3) is 0 Å². The number of hydrogen-bond donors (Lipinski definition) is 3. The number of hydrogen-bond acceptors (Lipinski definition) is 4. The summed E-state index contributed by atoms with van der Waals surface area (Å²) in [6.45, 7) is 0.552. The molecule has 124 valence electrons. The minimum atomic E-state index is -0.0522. The van der Waals surface area contributed by atoms with E-state index in [9.17, 15) is 10.2 Å². The zero-order chi connectivity index (χ0) is 16.9. The standard InChI is InChI=1S/C19H20N2O3/c1-24-19-10-2-14(3-11-19)20-12-16-4-5-17(13-22)21(16)15-6-8-18(23)9-7-15/h2-11,20,22-23H,12-13H2,1H3. The van der Waals surface area contributed by atoms with Crippen LogP contribution in [0.25, 0.3) is 5.69 Å². The number of ether oxygens (including phenoxy) is 1. The highest BCUT2D eigenvalue weighted by molar-refractivity contribution is 5.47. The van der Waals surface area contributed by atoms with Crippen molar-refractivity contribution in [2.24, 2.45) is 0 Å².